The molecule has 1 amide bonds. The monoisotopic (exact) mass is 241 g/mol. The third-order valence-electron chi connectivity index (χ3n) is 2.14. The van der Waals surface area contributed by atoms with Crippen molar-refractivity contribution >= 4 is 11.9 Å². The lowest BCUT2D eigenvalue weighted by Gasteiger charge is -2.19. The number of hydrogen-bond acceptors (Lipinski definition) is 3. The third-order valence-corrected chi connectivity index (χ3v) is 2.14. The first-order chi connectivity index (χ1) is 7.88. The van der Waals surface area contributed by atoms with Crippen LogP contribution in [0.5, 0.6) is 0 Å². The van der Waals surface area contributed by atoms with Crippen molar-refractivity contribution in [2.24, 2.45) is 11.8 Å². The number of amides is 1. The third kappa shape index (κ3) is 6.76. The molecule has 0 saturated carbocycles. The summed E-state index contributed by atoms with van der Waals surface area (Å²) in [6, 6.07) is -0.584. The minimum Gasteiger partial charge on any atom is -0.464 e. The Hall–Kier alpha value is -1.32. The predicted octanol–water partition coefficient (Wildman–Crippen LogP) is 1.90. The average Bonchev–Trinajstić information content (AvgIpc) is 2.22. The van der Waals surface area contributed by atoms with Gasteiger partial charge in [0.1, 0.15) is 6.04 Å². The van der Waals surface area contributed by atoms with Crippen LogP contribution in [0.25, 0.3) is 0 Å². The van der Waals surface area contributed by atoms with Gasteiger partial charge in [-0.25, -0.2) is 4.79 Å². The highest BCUT2D eigenvalue weighted by atomic mass is 16.5. The number of carbonyl (C=O) groups excluding carboxylic acids is 2. The Morgan fingerprint density at radius 2 is 1.82 bits per heavy atom. The molecule has 0 saturated heterocycles. The Labute approximate surface area is 103 Å². The topological polar surface area (TPSA) is 55.4 Å². The van der Waals surface area contributed by atoms with E-state index in [4.69, 9.17) is 4.74 Å². The van der Waals surface area contributed by atoms with E-state index in [2.05, 4.69) is 5.32 Å². The van der Waals surface area contributed by atoms with Crippen LogP contribution in [0, 0.1) is 11.8 Å². The normalized spacial score (nSPS) is 13.1. The Bertz CT molecular complexity index is 282. The van der Waals surface area contributed by atoms with E-state index in [-0.39, 0.29) is 17.8 Å². The molecule has 0 fully saturated rings. The molecule has 1 N–H and O–H groups in total. The molecular formula is C13H23NO3. The molecule has 0 spiro atoms. The summed E-state index contributed by atoms with van der Waals surface area (Å²) in [7, 11) is 0. The van der Waals surface area contributed by atoms with Crippen molar-refractivity contribution in [3.63, 3.8) is 0 Å². The van der Waals surface area contributed by atoms with Crippen LogP contribution >= 0.6 is 0 Å². The van der Waals surface area contributed by atoms with E-state index in [0.717, 1.165) is 0 Å². The zero-order valence-corrected chi connectivity index (χ0v) is 11.3. The van der Waals surface area contributed by atoms with Gasteiger partial charge in [0.05, 0.1) is 6.61 Å². The van der Waals surface area contributed by atoms with Gasteiger partial charge < -0.3 is 10.1 Å². The van der Waals surface area contributed by atoms with E-state index in [1.54, 1.807) is 13.0 Å². The van der Waals surface area contributed by atoms with Gasteiger partial charge in [0.25, 0.3) is 0 Å². The van der Waals surface area contributed by atoms with E-state index in [1.165, 1.54) is 6.08 Å². The minimum absolute atomic E-state index is 0.00505. The van der Waals surface area contributed by atoms with Gasteiger partial charge in [-0.05, 0) is 24.8 Å². The number of ether oxygens (including phenoxy) is 1. The second kappa shape index (κ2) is 7.87. The molecule has 0 aliphatic heterocycles. The summed E-state index contributed by atoms with van der Waals surface area (Å²) in [5.41, 5.74) is 0. The number of rotatable bonds is 6. The molecule has 0 aliphatic carbocycles. The molecule has 0 aromatic rings. The van der Waals surface area contributed by atoms with E-state index in [9.17, 15) is 9.59 Å². The molecule has 0 aromatic heterocycles. The summed E-state index contributed by atoms with van der Waals surface area (Å²) in [6.07, 6.45) is 3.25. The standard InChI is InChI=1S/C13H23NO3/c1-6-17-13(16)12(10(4)5)14-11(15)8-7-9(2)3/h7-10,12H,6H2,1-5H3,(H,14,15)/b8-7+/t12-/m0/s1. The zero-order chi connectivity index (χ0) is 13.4. The maximum atomic E-state index is 11.6. The molecule has 4 nitrogen and oxygen atoms in total. The van der Waals surface area contributed by atoms with Crippen molar-refractivity contribution in [3.05, 3.63) is 12.2 Å². The van der Waals surface area contributed by atoms with Gasteiger partial charge in [0, 0.05) is 0 Å². The molecule has 0 rings (SSSR count). The van der Waals surface area contributed by atoms with Crippen LogP contribution in [0.15, 0.2) is 12.2 Å². The first kappa shape index (κ1) is 15.7. The van der Waals surface area contributed by atoms with E-state index >= 15 is 0 Å². The molecule has 17 heavy (non-hydrogen) atoms. The van der Waals surface area contributed by atoms with Crippen LogP contribution in [0.1, 0.15) is 34.6 Å². The highest BCUT2D eigenvalue weighted by Crippen LogP contribution is 2.04. The lowest BCUT2D eigenvalue weighted by Crippen LogP contribution is -2.44. The summed E-state index contributed by atoms with van der Waals surface area (Å²) < 4.78 is 4.91. The SMILES string of the molecule is CCOC(=O)[C@@H](NC(=O)/C=C/C(C)C)C(C)C. The second-order valence-corrected chi connectivity index (χ2v) is 4.59. The Kier molecular flexibility index (Phi) is 7.26. The highest BCUT2D eigenvalue weighted by Gasteiger charge is 2.24. The fourth-order valence-electron chi connectivity index (χ4n) is 1.21. The van der Waals surface area contributed by atoms with Gasteiger partial charge in [0.2, 0.25) is 5.91 Å². The van der Waals surface area contributed by atoms with E-state index < -0.39 is 6.04 Å². The summed E-state index contributed by atoms with van der Waals surface area (Å²) in [4.78, 5) is 23.2. The average molecular weight is 241 g/mol. The number of carbonyl (C=O) groups is 2. The van der Waals surface area contributed by atoms with Crippen molar-refractivity contribution in [1.82, 2.24) is 5.32 Å². The molecule has 0 unspecified atom stereocenters. The summed E-state index contributed by atoms with van der Waals surface area (Å²) in [6.45, 7) is 9.77. The molecule has 0 aliphatic rings. The molecule has 1 atom stereocenters. The molecule has 0 radical (unpaired) electrons. The zero-order valence-electron chi connectivity index (χ0n) is 11.3. The summed E-state index contributed by atoms with van der Waals surface area (Å²) in [5.74, 6) is -0.328. The number of nitrogens with one attached hydrogen (secondary N) is 1. The smallest absolute Gasteiger partial charge is 0.328 e. The Morgan fingerprint density at radius 1 is 1.24 bits per heavy atom. The predicted molar refractivity (Wildman–Crippen MR) is 67.4 cm³/mol. The van der Waals surface area contributed by atoms with E-state index in [0.29, 0.717) is 12.5 Å². The Morgan fingerprint density at radius 3 is 2.24 bits per heavy atom. The van der Waals surface area contributed by atoms with Crippen molar-refractivity contribution in [2.45, 2.75) is 40.7 Å². The lowest BCUT2D eigenvalue weighted by atomic mass is 10.0. The van der Waals surface area contributed by atoms with Gasteiger partial charge in [-0.1, -0.05) is 33.8 Å². The Balaban J connectivity index is 4.45. The second-order valence-electron chi connectivity index (χ2n) is 4.59. The van der Waals surface area contributed by atoms with Crippen molar-refractivity contribution in [2.75, 3.05) is 6.61 Å². The number of esters is 1. The molecular weight excluding hydrogens is 218 g/mol. The maximum Gasteiger partial charge on any atom is 0.328 e. The van der Waals surface area contributed by atoms with E-state index in [1.807, 2.05) is 27.7 Å². The van der Waals surface area contributed by atoms with Crippen molar-refractivity contribution in [1.29, 1.82) is 0 Å². The molecule has 98 valence electrons. The molecule has 0 aromatic carbocycles. The summed E-state index contributed by atoms with van der Waals surface area (Å²) >= 11 is 0. The van der Waals surface area contributed by atoms with Crippen molar-refractivity contribution in [3.8, 4) is 0 Å². The van der Waals surface area contributed by atoms with Gasteiger partial charge in [0.15, 0.2) is 0 Å². The highest BCUT2D eigenvalue weighted by molar-refractivity contribution is 5.91. The number of allylic oxidation sites excluding steroid dienone is 1. The van der Waals surface area contributed by atoms with Crippen LogP contribution in [-0.2, 0) is 14.3 Å². The fraction of sp³-hybridized carbons (Fsp3) is 0.692. The molecule has 0 bridgehead atoms. The quantitative estimate of drug-likeness (QED) is 0.571. The molecule has 0 heterocycles. The first-order valence-electron chi connectivity index (χ1n) is 6.03. The largest absolute Gasteiger partial charge is 0.464 e. The van der Waals surface area contributed by atoms with Crippen LogP contribution in [0.2, 0.25) is 0 Å². The number of hydrogen-bond donors (Lipinski definition) is 1. The van der Waals surface area contributed by atoms with Gasteiger partial charge in [-0.2, -0.15) is 0 Å². The minimum atomic E-state index is -0.584. The first-order valence-corrected chi connectivity index (χ1v) is 6.03. The van der Waals surface area contributed by atoms with Crippen LogP contribution in [0.4, 0.5) is 0 Å². The maximum absolute atomic E-state index is 11.6. The van der Waals surface area contributed by atoms with Gasteiger partial charge in [-0.15, -0.1) is 0 Å². The lowest BCUT2D eigenvalue weighted by molar-refractivity contribution is -0.148. The van der Waals surface area contributed by atoms with Crippen LogP contribution < -0.4 is 5.32 Å². The van der Waals surface area contributed by atoms with Crippen molar-refractivity contribution < 1.29 is 14.3 Å². The van der Waals surface area contributed by atoms with Gasteiger partial charge >= 0.3 is 5.97 Å². The van der Waals surface area contributed by atoms with Crippen LogP contribution in [0.3, 0.4) is 0 Å². The van der Waals surface area contributed by atoms with Gasteiger partial charge in [-0.3, -0.25) is 4.79 Å². The molecule has 4 heteroatoms. The van der Waals surface area contributed by atoms with Crippen LogP contribution in [-0.4, -0.2) is 24.5 Å². The summed E-state index contributed by atoms with van der Waals surface area (Å²) in [5, 5.41) is 2.66. The fourth-order valence-corrected chi connectivity index (χ4v) is 1.21.